The molecule has 1 aliphatic carbocycles. The van der Waals surface area contributed by atoms with Gasteiger partial charge in [0.1, 0.15) is 0 Å². The maximum absolute atomic E-state index is 11.7. The first-order valence-electron chi connectivity index (χ1n) is 6.68. The van der Waals surface area contributed by atoms with E-state index in [0.717, 1.165) is 19.4 Å². The monoisotopic (exact) mass is 259 g/mol. The molecule has 2 aliphatic heterocycles. The molecule has 2 heterocycles. The Morgan fingerprint density at radius 2 is 1.94 bits per heavy atom. The Bertz CT molecular complexity index is 387. The van der Waals surface area contributed by atoms with Crippen molar-refractivity contribution < 1.29 is 13.2 Å². The fourth-order valence-corrected chi connectivity index (χ4v) is 5.12. The van der Waals surface area contributed by atoms with E-state index in [1.54, 1.807) is 0 Å². The van der Waals surface area contributed by atoms with E-state index in [1.807, 2.05) is 0 Å². The number of hydrogen-bond donors (Lipinski definition) is 1. The van der Waals surface area contributed by atoms with E-state index in [4.69, 9.17) is 4.74 Å². The zero-order valence-corrected chi connectivity index (χ0v) is 11.0. The summed E-state index contributed by atoms with van der Waals surface area (Å²) in [5.41, 5.74) is 0.0757. The van der Waals surface area contributed by atoms with Crippen LogP contribution in [0.15, 0.2) is 0 Å². The highest BCUT2D eigenvalue weighted by molar-refractivity contribution is 7.91. The lowest BCUT2D eigenvalue weighted by Gasteiger charge is -2.49. The Hall–Kier alpha value is -0.130. The minimum atomic E-state index is -2.85. The molecule has 4 nitrogen and oxygen atoms in total. The predicted octanol–water partition coefficient (Wildman–Crippen LogP) is 0.865. The molecule has 0 aromatic rings. The fourth-order valence-electron chi connectivity index (χ4n) is 3.51. The first kappa shape index (κ1) is 11.9. The van der Waals surface area contributed by atoms with Crippen molar-refractivity contribution in [3.05, 3.63) is 0 Å². The number of hydrogen-bond acceptors (Lipinski definition) is 4. The predicted molar refractivity (Wildman–Crippen MR) is 65.8 cm³/mol. The molecule has 2 saturated heterocycles. The Balaban J connectivity index is 1.74. The molecule has 0 bridgehead atoms. The van der Waals surface area contributed by atoms with Gasteiger partial charge in [0.15, 0.2) is 9.84 Å². The van der Waals surface area contributed by atoms with E-state index in [0.29, 0.717) is 12.2 Å². The molecule has 3 aliphatic rings. The summed E-state index contributed by atoms with van der Waals surface area (Å²) < 4.78 is 29.3. The normalized spacial score (nSPS) is 39.8. The molecule has 0 aromatic carbocycles. The van der Waals surface area contributed by atoms with Crippen LogP contribution in [0.1, 0.15) is 38.5 Å². The first-order valence-corrected chi connectivity index (χ1v) is 8.51. The number of morpholine rings is 1. The van der Waals surface area contributed by atoms with Crippen molar-refractivity contribution in [1.82, 2.24) is 5.32 Å². The van der Waals surface area contributed by atoms with Gasteiger partial charge in [-0.05, 0) is 19.3 Å². The third-order valence-corrected chi connectivity index (χ3v) is 6.20. The SMILES string of the molecule is O=S1(=O)CCC2OCC3(CCCCC3)NC2C1. The largest absolute Gasteiger partial charge is 0.375 e. The number of ether oxygens (including phenoxy) is 1. The lowest BCUT2D eigenvalue weighted by molar-refractivity contribution is -0.0712. The Morgan fingerprint density at radius 1 is 1.18 bits per heavy atom. The van der Waals surface area contributed by atoms with Gasteiger partial charge in [-0.25, -0.2) is 8.42 Å². The quantitative estimate of drug-likeness (QED) is 0.701. The minimum absolute atomic E-state index is 0.0283. The summed E-state index contributed by atoms with van der Waals surface area (Å²) in [6, 6.07) is 0.0283. The molecule has 0 radical (unpaired) electrons. The van der Waals surface area contributed by atoms with Gasteiger partial charge in [-0.15, -0.1) is 0 Å². The van der Waals surface area contributed by atoms with Crippen molar-refractivity contribution in [2.24, 2.45) is 0 Å². The second kappa shape index (κ2) is 4.21. The van der Waals surface area contributed by atoms with E-state index in [1.165, 1.54) is 19.3 Å². The molecule has 3 rings (SSSR count). The summed E-state index contributed by atoms with van der Waals surface area (Å²) in [5.74, 6) is 0.558. The van der Waals surface area contributed by atoms with Gasteiger partial charge in [0.05, 0.1) is 24.2 Å². The summed E-state index contributed by atoms with van der Waals surface area (Å²) in [6.07, 6.45) is 6.82. The lowest BCUT2D eigenvalue weighted by Crippen LogP contribution is -2.66. The topological polar surface area (TPSA) is 55.4 Å². The van der Waals surface area contributed by atoms with Crippen molar-refractivity contribution in [2.75, 3.05) is 18.1 Å². The van der Waals surface area contributed by atoms with E-state index in [2.05, 4.69) is 5.32 Å². The third kappa shape index (κ3) is 2.37. The Morgan fingerprint density at radius 3 is 2.71 bits per heavy atom. The highest BCUT2D eigenvalue weighted by atomic mass is 32.2. The van der Waals surface area contributed by atoms with Crippen LogP contribution in [0, 0.1) is 0 Å². The molecule has 0 aromatic heterocycles. The molecule has 5 heteroatoms. The average Bonchev–Trinajstić information content (AvgIpc) is 2.28. The summed E-state index contributed by atoms with van der Waals surface area (Å²) in [5, 5.41) is 3.62. The lowest BCUT2D eigenvalue weighted by atomic mass is 9.80. The van der Waals surface area contributed by atoms with Gasteiger partial charge in [0, 0.05) is 11.6 Å². The summed E-state index contributed by atoms with van der Waals surface area (Å²) in [7, 11) is -2.85. The number of rotatable bonds is 0. The second-order valence-corrected chi connectivity index (χ2v) is 8.07. The minimum Gasteiger partial charge on any atom is -0.375 e. The molecular weight excluding hydrogens is 238 g/mol. The van der Waals surface area contributed by atoms with Crippen LogP contribution in [0.2, 0.25) is 0 Å². The molecule has 2 unspecified atom stereocenters. The molecule has 2 atom stereocenters. The molecule has 17 heavy (non-hydrogen) atoms. The van der Waals surface area contributed by atoms with Crippen molar-refractivity contribution in [2.45, 2.75) is 56.2 Å². The van der Waals surface area contributed by atoms with Gasteiger partial charge in [0.2, 0.25) is 0 Å². The van der Waals surface area contributed by atoms with Crippen LogP contribution in [-0.4, -0.2) is 44.2 Å². The first-order chi connectivity index (χ1) is 8.09. The number of sulfone groups is 1. The van der Waals surface area contributed by atoms with Crippen LogP contribution in [0.25, 0.3) is 0 Å². The molecule has 3 fully saturated rings. The standard InChI is InChI=1S/C12H21NO3S/c14-17(15)7-4-11-10(8-17)13-12(9-16-11)5-2-1-3-6-12/h10-11,13H,1-9H2. The van der Waals surface area contributed by atoms with Crippen molar-refractivity contribution in [3.63, 3.8) is 0 Å². The molecule has 1 N–H and O–H groups in total. The smallest absolute Gasteiger partial charge is 0.152 e. The zero-order chi connectivity index (χ0) is 11.9. The van der Waals surface area contributed by atoms with Crippen molar-refractivity contribution in [3.8, 4) is 0 Å². The number of fused-ring (bicyclic) bond motifs is 1. The zero-order valence-electron chi connectivity index (χ0n) is 10.2. The van der Waals surface area contributed by atoms with Crippen molar-refractivity contribution in [1.29, 1.82) is 0 Å². The number of nitrogens with one attached hydrogen (secondary N) is 1. The van der Waals surface area contributed by atoms with E-state index in [-0.39, 0.29) is 23.4 Å². The Labute approximate surface area is 103 Å². The molecule has 0 amide bonds. The highest BCUT2D eigenvalue weighted by Crippen LogP contribution is 2.34. The van der Waals surface area contributed by atoms with Gasteiger partial charge < -0.3 is 10.1 Å². The summed E-state index contributed by atoms with van der Waals surface area (Å²) in [4.78, 5) is 0. The summed E-state index contributed by atoms with van der Waals surface area (Å²) in [6.45, 7) is 0.772. The van der Waals surface area contributed by atoms with Crippen LogP contribution >= 0.6 is 0 Å². The maximum Gasteiger partial charge on any atom is 0.152 e. The van der Waals surface area contributed by atoms with Crippen LogP contribution in [0.3, 0.4) is 0 Å². The molecule has 1 saturated carbocycles. The molecular formula is C12H21NO3S. The van der Waals surface area contributed by atoms with E-state index < -0.39 is 9.84 Å². The van der Waals surface area contributed by atoms with Crippen LogP contribution in [0.4, 0.5) is 0 Å². The van der Waals surface area contributed by atoms with Gasteiger partial charge in [-0.2, -0.15) is 0 Å². The van der Waals surface area contributed by atoms with Crippen LogP contribution in [-0.2, 0) is 14.6 Å². The average molecular weight is 259 g/mol. The van der Waals surface area contributed by atoms with E-state index >= 15 is 0 Å². The maximum atomic E-state index is 11.7. The third-order valence-electron chi connectivity index (χ3n) is 4.47. The summed E-state index contributed by atoms with van der Waals surface area (Å²) >= 11 is 0. The van der Waals surface area contributed by atoms with Gasteiger partial charge >= 0.3 is 0 Å². The molecule has 1 spiro atoms. The highest BCUT2D eigenvalue weighted by Gasteiger charge is 2.45. The van der Waals surface area contributed by atoms with Crippen LogP contribution in [0.5, 0.6) is 0 Å². The van der Waals surface area contributed by atoms with Crippen LogP contribution < -0.4 is 5.32 Å². The van der Waals surface area contributed by atoms with Gasteiger partial charge in [-0.3, -0.25) is 0 Å². The Kier molecular flexibility index (Phi) is 2.96. The van der Waals surface area contributed by atoms with E-state index in [9.17, 15) is 8.42 Å². The van der Waals surface area contributed by atoms with Gasteiger partial charge in [0.25, 0.3) is 0 Å². The van der Waals surface area contributed by atoms with Crippen molar-refractivity contribution >= 4 is 9.84 Å². The second-order valence-electron chi connectivity index (χ2n) is 5.84. The van der Waals surface area contributed by atoms with Gasteiger partial charge in [-0.1, -0.05) is 19.3 Å². The fraction of sp³-hybridized carbons (Fsp3) is 1.00. The molecule has 98 valence electrons.